The Morgan fingerprint density at radius 1 is 1.80 bits per heavy atom. The molecule has 0 aliphatic carbocycles. The zero-order valence-corrected chi connectivity index (χ0v) is 7.19. The van der Waals surface area contributed by atoms with Gasteiger partial charge in [-0.3, -0.25) is 4.21 Å². The highest BCUT2D eigenvalue weighted by atomic mass is 32.2. The molecule has 0 fully saturated rings. The third-order valence-electron chi connectivity index (χ3n) is 1.30. The van der Waals surface area contributed by atoms with E-state index in [9.17, 15) is 4.21 Å². The molecule has 2 unspecified atom stereocenters. The molecule has 3 heteroatoms. The van der Waals surface area contributed by atoms with Crippen LogP contribution in [0.4, 0.5) is 0 Å². The largest absolute Gasteiger partial charge is 0.330 e. The van der Waals surface area contributed by atoms with Gasteiger partial charge in [0.2, 0.25) is 0 Å². The van der Waals surface area contributed by atoms with E-state index in [0.717, 1.165) is 6.42 Å². The van der Waals surface area contributed by atoms with Crippen molar-refractivity contribution in [2.24, 2.45) is 5.73 Å². The van der Waals surface area contributed by atoms with E-state index in [-0.39, 0.29) is 5.25 Å². The Balaban J connectivity index is 3.58. The summed E-state index contributed by atoms with van der Waals surface area (Å²) in [4.78, 5) is 0. The van der Waals surface area contributed by atoms with Gasteiger partial charge in [0.1, 0.15) is 0 Å². The average molecular weight is 161 g/mol. The van der Waals surface area contributed by atoms with Gasteiger partial charge in [-0.25, -0.2) is 0 Å². The summed E-state index contributed by atoms with van der Waals surface area (Å²) in [6.07, 6.45) is 2.52. The first-order chi connectivity index (χ1) is 4.72. The topological polar surface area (TPSA) is 43.1 Å². The van der Waals surface area contributed by atoms with Gasteiger partial charge in [0, 0.05) is 21.8 Å². The Morgan fingerprint density at radius 3 is 2.80 bits per heavy atom. The highest BCUT2D eigenvalue weighted by Gasteiger charge is 2.06. The molecule has 10 heavy (non-hydrogen) atoms. The molecule has 0 heterocycles. The van der Waals surface area contributed by atoms with Crippen LogP contribution in [-0.4, -0.2) is 21.8 Å². The Morgan fingerprint density at radius 2 is 2.40 bits per heavy atom. The fourth-order valence-electron chi connectivity index (χ4n) is 0.647. The molecule has 0 aliphatic rings. The van der Waals surface area contributed by atoms with Crippen LogP contribution in [-0.2, 0) is 10.8 Å². The second-order valence-electron chi connectivity index (χ2n) is 2.22. The van der Waals surface area contributed by atoms with Crippen molar-refractivity contribution < 1.29 is 4.21 Å². The smallest absolute Gasteiger partial charge is 0.0415 e. The summed E-state index contributed by atoms with van der Waals surface area (Å²) in [6, 6.07) is 0. The fourth-order valence-corrected chi connectivity index (χ4v) is 1.61. The minimum absolute atomic E-state index is 0.211. The molecule has 0 aliphatic heterocycles. The first-order valence-corrected chi connectivity index (χ1v) is 4.78. The van der Waals surface area contributed by atoms with E-state index < -0.39 is 10.8 Å². The molecule has 0 saturated carbocycles. The summed E-state index contributed by atoms with van der Waals surface area (Å²) >= 11 is 0. The second kappa shape index (κ2) is 5.62. The summed E-state index contributed by atoms with van der Waals surface area (Å²) in [5, 5.41) is 0.211. The van der Waals surface area contributed by atoms with Crippen molar-refractivity contribution in [2.45, 2.75) is 18.6 Å². The van der Waals surface area contributed by atoms with Gasteiger partial charge in [-0.15, -0.1) is 6.58 Å². The summed E-state index contributed by atoms with van der Waals surface area (Å²) < 4.78 is 11.1. The van der Waals surface area contributed by atoms with Crippen molar-refractivity contribution in [1.82, 2.24) is 0 Å². The van der Waals surface area contributed by atoms with Crippen LogP contribution < -0.4 is 5.73 Å². The molecule has 60 valence electrons. The minimum atomic E-state index is -0.763. The van der Waals surface area contributed by atoms with Gasteiger partial charge in [-0.1, -0.05) is 13.0 Å². The lowest BCUT2D eigenvalue weighted by molar-refractivity contribution is 0.668. The zero-order valence-electron chi connectivity index (χ0n) is 6.38. The first-order valence-electron chi connectivity index (χ1n) is 3.40. The van der Waals surface area contributed by atoms with Crippen LogP contribution in [0, 0.1) is 0 Å². The molecule has 0 rings (SSSR count). The summed E-state index contributed by atoms with van der Waals surface area (Å²) in [7, 11) is -0.763. The van der Waals surface area contributed by atoms with Crippen molar-refractivity contribution in [3.8, 4) is 0 Å². The van der Waals surface area contributed by atoms with E-state index >= 15 is 0 Å². The third-order valence-corrected chi connectivity index (χ3v) is 3.00. The molecule has 2 atom stereocenters. The van der Waals surface area contributed by atoms with Crippen LogP contribution >= 0.6 is 0 Å². The van der Waals surface area contributed by atoms with Crippen molar-refractivity contribution in [3.05, 3.63) is 12.7 Å². The minimum Gasteiger partial charge on any atom is -0.330 e. The van der Waals surface area contributed by atoms with E-state index in [2.05, 4.69) is 6.58 Å². The van der Waals surface area contributed by atoms with Crippen LogP contribution in [0.1, 0.15) is 13.3 Å². The maximum atomic E-state index is 11.1. The third kappa shape index (κ3) is 3.80. The van der Waals surface area contributed by atoms with Crippen molar-refractivity contribution in [1.29, 1.82) is 0 Å². The van der Waals surface area contributed by atoms with Crippen molar-refractivity contribution in [3.63, 3.8) is 0 Å². The van der Waals surface area contributed by atoms with Crippen LogP contribution in [0.2, 0.25) is 0 Å². The summed E-state index contributed by atoms with van der Waals surface area (Å²) in [5.41, 5.74) is 5.30. The molecular weight excluding hydrogens is 146 g/mol. The highest BCUT2D eigenvalue weighted by Crippen LogP contribution is 1.99. The second-order valence-corrected chi connectivity index (χ2v) is 4.12. The molecule has 0 aromatic rings. The van der Waals surface area contributed by atoms with Crippen LogP contribution in [0.15, 0.2) is 12.7 Å². The van der Waals surface area contributed by atoms with Gasteiger partial charge in [-0.2, -0.15) is 0 Å². The molecule has 0 aromatic carbocycles. The van der Waals surface area contributed by atoms with Gasteiger partial charge in [0.25, 0.3) is 0 Å². The molecule has 0 radical (unpaired) electrons. The van der Waals surface area contributed by atoms with E-state index in [1.807, 2.05) is 6.92 Å². The standard InChI is InChI=1S/C7H15NOS/c1-3-6-10(9)7(2)4-5-8/h3,7H,1,4-6,8H2,2H3. The molecular formula is C7H15NOS. The SMILES string of the molecule is C=CCS(=O)C(C)CCN. The van der Waals surface area contributed by atoms with Crippen molar-refractivity contribution >= 4 is 10.8 Å². The zero-order chi connectivity index (χ0) is 7.98. The van der Waals surface area contributed by atoms with Gasteiger partial charge in [0.15, 0.2) is 0 Å². The molecule has 0 aromatic heterocycles. The predicted molar refractivity (Wildman–Crippen MR) is 46.3 cm³/mol. The number of nitrogens with two attached hydrogens (primary N) is 1. The first kappa shape index (κ1) is 9.85. The quantitative estimate of drug-likeness (QED) is 0.602. The van der Waals surface area contributed by atoms with Gasteiger partial charge in [0.05, 0.1) is 0 Å². The monoisotopic (exact) mass is 161 g/mol. The van der Waals surface area contributed by atoms with Crippen LogP contribution in [0.5, 0.6) is 0 Å². The Hall–Kier alpha value is -0.150. The molecule has 0 amide bonds. The van der Waals surface area contributed by atoms with Crippen LogP contribution in [0.3, 0.4) is 0 Å². The van der Waals surface area contributed by atoms with E-state index in [1.54, 1.807) is 6.08 Å². The average Bonchev–Trinajstić information content (AvgIpc) is 1.89. The van der Waals surface area contributed by atoms with Crippen molar-refractivity contribution in [2.75, 3.05) is 12.3 Å². The summed E-state index contributed by atoms with van der Waals surface area (Å²) in [5.74, 6) is 0.584. The van der Waals surface area contributed by atoms with Gasteiger partial charge in [-0.05, 0) is 13.0 Å². The number of hydrogen-bond donors (Lipinski definition) is 1. The van der Waals surface area contributed by atoms with E-state index in [0.29, 0.717) is 12.3 Å². The fraction of sp³-hybridized carbons (Fsp3) is 0.714. The Kier molecular flexibility index (Phi) is 5.54. The molecule has 0 saturated heterocycles. The molecule has 0 spiro atoms. The van der Waals surface area contributed by atoms with Crippen LogP contribution in [0.25, 0.3) is 0 Å². The maximum absolute atomic E-state index is 11.1. The highest BCUT2D eigenvalue weighted by molar-refractivity contribution is 7.85. The van der Waals surface area contributed by atoms with E-state index in [4.69, 9.17) is 5.73 Å². The molecule has 2 nitrogen and oxygen atoms in total. The lowest BCUT2D eigenvalue weighted by Crippen LogP contribution is -2.17. The number of hydrogen-bond acceptors (Lipinski definition) is 2. The van der Waals surface area contributed by atoms with E-state index in [1.165, 1.54) is 0 Å². The predicted octanol–water partition coefficient (Wildman–Crippen LogP) is 0.658. The lowest BCUT2D eigenvalue weighted by Gasteiger charge is -2.06. The summed E-state index contributed by atoms with van der Waals surface area (Å²) in [6.45, 7) is 6.08. The maximum Gasteiger partial charge on any atom is 0.0415 e. The Bertz CT molecular complexity index is 125. The van der Waals surface area contributed by atoms with Gasteiger partial charge >= 0.3 is 0 Å². The van der Waals surface area contributed by atoms with Gasteiger partial charge < -0.3 is 5.73 Å². The molecule has 2 N–H and O–H groups in total. The number of rotatable bonds is 5. The normalized spacial score (nSPS) is 16.2. The molecule has 0 bridgehead atoms. The lowest BCUT2D eigenvalue weighted by atomic mass is 10.3. The Labute approximate surface area is 65.0 Å².